The number of nitrogens with zero attached hydrogens (tertiary/aromatic N) is 2. The summed E-state index contributed by atoms with van der Waals surface area (Å²) in [5.41, 5.74) is 1.22. The Morgan fingerprint density at radius 1 is 0.879 bits per heavy atom. The van der Waals surface area contributed by atoms with Crippen LogP contribution in [0.5, 0.6) is 0 Å². The third kappa shape index (κ3) is 4.17. The number of rotatable bonds is 6. The molecule has 0 atom stereocenters. The van der Waals surface area contributed by atoms with Gasteiger partial charge in [0.1, 0.15) is 18.2 Å². The second kappa shape index (κ2) is 8.78. The number of fused-ring (bicyclic) bond motifs is 3. The molecule has 7 heteroatoms. The van der Waals surface area contributed by atoms with E-state index in [9.17, 15) is 13.6 Å². The number of carbonyl (C=O) groups excluding carboxylic acids is 1. The molecule has 0 radical (unpaired) electrons. The predicted molar refractivity (Wildman–Crippen MR) is 119 cm³/mol. The topological polar surface area (TPSA) is 65.2 Å². The number of carbonyl (C=O) groups is 1. The van der Waals surface area contributed by atoms with E-state index in [1.54, 1.807) is 0 Å². The van der Waals surface area contributed by atoms with Crippen molar-refractivity contribution in [3.8, 4) is 11.3 Å². The smallest absolute Gasteiger partial charge is 0.306 e. The zero-order valence-electron chi connectivity index (χ0n) is 17.4. The van der Waals surface area contributed by atoms with Crippen LogP contribution in [0, 0.1) is 11.6 Å². The van der Waals surface area contributed by atoms with Gasteiger partial charge in [-0.25, -0.2) is 18.7 Å². The van der Waals surface area contributed by atoms with E-state index in [1.165, 1.54) is 12.3 Å². The van der Waals surface area contributed by atoms with E-state index in [0.29, 0.717) is 5.69 Å². The molecular formula is C26H18F2N2O3. The van der Waals surface area contributed by atoms with E-state index in [2.05, 4.69) is 9.97 Å². The molecule has 0 fully saturated rings. The summed E-state index contributed by atoms with van der Waals surface area (Å²) in [6.07, 6.45) is 1.39. The van der Waals surface area contributed by atoms with Gasteiger partial charge in [-0.3, -0.25) is 4.79 Å². The highest BCUT2D eigenvalue weighted by Gasteiger charge is 2.17. The molecule has 0 N–H and O–H groups in total. The molecule has 0 spiro atoms. The first-order valence-corrected chi connectivity index (χ1v) is 10.4. The van der Waals surface area contributed by atoms with E-state index < -0.39 is 17.6 Å². The first-order chi connectivity index (χ1) is 16.1. The van der Waals surface area contributed by atoms with Gasteiger partial charge in [0.25, 0.3) is 0 Å². The summed E-state index contributed by atoms with van der Waals surface area (Å²) in [6, 6.07) is 19.2. The van der Waals surface area contributed by atoms with Crippen LogP contribution in [0.15, 0.2) is 77.3 Å². The minimum absolute atomic E-state index is 0.00518. The van der Waals surface area contributed by atoms with Crippen LogP contribution >= 0.6 is 0 Å². The molecule has 0 unspecified atom stereocenters. The maximum Gasteiger partial charge on any atom is 0.306 e. The summed E-state index contributed by atoms with van der Waals surface area (Å²) >= 11 is 0. The maximum absolute atomic E-state index is 13.9. The monoisotopic (exact) mass is 444 g/mol. The molecule has 0 aliphatic rings. The van der Waals surface area contributed by atoms with E-state index in [-0.39, 0.29) is 36.7 Å². The van der Waals surface area contributed by atoms with Crippen LogP contribution < -0.4 is 0 Å². The van der Waals surface area contributed by atoms with Crippen molar-refractivity contribution in [3.63, 3.8) is 0 Å². The van der Waals surface area contributed by atoms with Crippen molar-refractivity contribution in [1.82, 2.24) is 9.97 Å². The van der Waals surface area contributed by atoms with Gasteiger partial charge in [0.2, 0.25) is 0 Å². The first-order valence-electron chi connectivity index (χ1n) is 10.4. The molecule has 0 amide bonds. The van der Waals surface area contributed by atoms with Crippen LogP contribution in [0.1, 0.15) is 18.0 Å². The van der Waals surface area contributed by atoms with Crippen LogP contribution in [0.2, 0.25) is 0 Å². The Hall–Kier alpha value is -4.13. The maximum atomic E-state index is 13.9. The van der Waals surface area contributed by atoms with Gasteiger partial charge in [0.05, 0.1) is 29.4 Å². The van der Waals surface area contributed by atoms with Gasteiger partial charge in [-0.15, -0.1) is 0 Å². The molecule has 3 aromatic carbocycles. The van der Waals surface area contributed by atoms with Gasteiger partial charge in [0.15, 0.2) is 11.7 Å². The molecule has 5 nitrogen and oxygen atoms in total. The van der Waals surface area contributed by atoms with Crippen LogP contribution in [0.4, 0.5) is 8.78 Å². The minimum atomic E-state index is -0.743. The molecule has 0 aliphatic heterocycles. The fourth-order valence-electron chi connectivity index (χ4n) is 3.79. The number of ether oxygens (including phenoxy) is 1. The molecule has 164 valence electrons. The highest BCUT2D eigenvalue weighted by molar-refractivity contribution is 6.06. The molecule has 0 saturated carbocycles. The SMILES string of the molecule is O=C(CCc1ncc(-c2c(F)cccc2F)o1)OCc1nc2ccccc2c2ccccc12. The van der Waals surface area contributed by atoms with Crippen molar-refractivity contribution in [2.45, 2.75) is 19.4 Å². The molecular weight excluding hydrogens is 426 g/mol. The lowest BCUT2D eigenvalue weighted by atomic mass is 10.0. The van der Waals surface area contributed by atoms with Crippen molar-refractivity contribution in [2.75, 3.05) is 0 Å². The van der Waals surface area contributed by atoms with Crippen LogP contribution in [-0.2, 0) is 22.6 Å². The Morgan fingerprint density at radius 3 is 2.36 bits per heavy atom. The van der Waals surface area contributed by atoms with E-state index in [1.807, 2.05) is 48.5 Å². The lowest BCUT2D eigenvalue weighted by molar-refractivity contribution is -0.145. The number of esters is 1. The Bertz CT molecular complexity index is 1460. The normalized spacial score (nSPS) is 11.2. The number of para-hydroxylation sites is 1. The van der Waals surface area contributed by atoms with Gasteiger partial charge in [-0.1, -0.05) is 48.5 Å². The van der Waals surface area contributed by atoms with Gasteiger partial charge in [0, 0.05) is 17.2 Å². The number of aryl methyl sites for hydroxylation is 1. The number of benzene rings is 3. The molecule has 0 aliphatic carbocycles. The first kappa shape index (κ1) is 20.8. The summed E-state index contributed by atoms with van der Waals surface area (Å²) in [5.74, 6) is -1.77. The van der Waals surface area contributed by atoms with Gasteiger partial charge in [-0.2, -0.15) is 0 Å². The second-order valence-corrected chi connectivity index (χ2v) is 7.50. The Balaban J connectivity index is 1.26. The third-order valence-corrected chi connectivity index (χ3v) is 5.36. The van der Waals surface area contributed by atoms with Gasteiger partial charge < -0.3 is 9.15 Å². The fourth-order valence-corrected chi connectivity index (χ4v) is 3.79. The zero-order chi connectivity index (χ0) is 22.8. The number of halogens is 2. The summed E-state index contributed by atoms with van der Waals surface area (Å²) in [4.78, 5) is 21.0. The average Bonchev–Trinajstić information content (AvgIpc) is 3.29. The Kier molecular flexibility index (Phi) is 5.52. The molecule has 2 heterocycles. The van der Waals surface area contributed by atoms with Crippen molar-refractivity contribution in [1.29, 1.82) is 0 Å². The Morgan fingerprint density at radius 2 is 1.58 bits per heavy atom. The fraction of sp³-hybridized carbons (Fsp3) is 0.115. The highest BCUT2D eigenvalue weighted by Crippen LogP contribution is 2.28. The van der Waals surface area contributed by atoms with E-state index in [4.69, 9.17) is 9.15 Å². The van der Waals surface area contributed by atoms with Gasteiger partial charge in [-0.05, 0) is 23.6 Å². The molecule has 2 aromatic heterocycles. The van der Waals surface area contributed by atoms with Crippen LogP contribution in [-0.4, -0.2) is 15.9 Å². The third-order valence-electron chi connectivity index (χ3n) is 5.36. The van der Waals surface area contributed by atoms with Gasteiger partial charge >= 0.3 is 5.97 Å². The molecule has 5 rings (SSSR count). The minimum Gasteiger partial charge on any atom is -0.459 e. The molecule has 0 saturated heterocycles. The van der Waals surface area contributed by atoms with Crippen molar-refractivity contribution in [2.24, 2.45) is 0 Å². The average molecular weight is 444 g/mol. The van der Waals surface area contributed by atoms with Crippen LogP contribution in [0.25, 0.3) is 33.0 Å². The summed E-state index contributed by atoms with van der Waals surface area (Å²) in [6.45, 7) is 0.0292. The van der Waals surface area contributed by atoms with Crippen molar-refractivity contribution in [3.05, 3.63) is 96.1 Å². The summed E-state index contributed by atoms with van der Waals surface area (Å²) < 4.78 is 38.7. The van der Waals surface area contributed by atoms with E-state index in [0.717, 1.165) is 33.8 Å². The second-order valence-electron chi connectivity index (χ2n) is 7.50. The zero-order valence-corrected chi connectivity index (χ0v) is 17.4. The van der Waals surface area contributed by atoms with Crippen molar-refractivity contribution >= 4 is 27.6 Å². The number of pyridine rings is 1. The number of aromatic nitrogens is 2. The standard InChI is InChI=1S/C26H18F2N2O3/c27-19-9-5-10-20(28)26(19)23-14-29-24(33-23)12-13-25(31)32-15-22-18-8-2-1-6-16(18)17-7-3-4-11-21(17)30-22/h1-11,14H,12-13,15H2. The van der Waals surface area contributed by atoms with E-state index >= 15 is 0 Å². The predicted octanol–water partition coefficient (Wildman–Crippen LogP) is 6.00. The summed E-state index contributed by atoms with van der Waals surface area (Å²) in [7, 11) is 0. The number of hydrogen-bond acceptors (Lipinski definition) is 5. The largest absolute Gasteiger partial charge is 0.459 e. The molecule has 5 aromatic rings. The summed E-state index contributed by atoms with van der Waals surface area (Å²) in [5, 5.41) is 3.00. The highest BCUT2D eigenvalue weighted by atomic mass is 19.1. The quantitative estimate of drug-likeness (QED) is 0.238. The Labute approximate surface area is 187 Å². The lowest BCUT2D eigenvalue weighted by Crippen LogP contribution is -2.07. The molecule has 0 bridgehead atoms. The van der Waals surface area contributed by atoms with Crippen molar-refractivity contribution < 1.29 is 22.7 Å². The van der Waals surface area contributed by atoms with Crippen LogP contribution in [0.3, 0.4) is 0 Å². The number of oxazole rings is 1. The number of hydrogen-bond donors (Lipinski definition) is 0. The lowest BCUT2D eigenvalue weighted by Gasteiger charge is -2.10. The molecule has 33 heavy (non-hydrogen) atoms.